The molecular formula is C17H22F3N3O2S. The summed E-state index contributed by atoms with van der Waals surface area (Å²) in [5.41, 5.74) is -0.683. The third kappa shape index (κ3) is 5.38. The first-order chi connectivity index (χ1) is 12.2. The maximum absolute atomic E-state index is 12.8. The maximum Gasteiger partial charge on any atom is 0.416 e. The molecule has 9 heteroatoms. The molecular weight excluding hydrogens is 367 g/mol. The summed E-state index contributed by atoms with van der Waals surface area (Å²) in [6.07, 6.45) is -4.48. The van der Waals surface area contributed by atoms with Crippen LogP contribution in [0.2, 0.25) is 0 Å². The molecule has 1 unspecified atom stereocenters. The number of hydrogen-bond acceptors (Lipinski definition) is 4. The first kappa shape index (κ1) is 20.6. The summed E-state index contributed by atoms with van der Waals surface area (Å²) in [5, 5.41) is 4.59. The Morgan fingerprint density at radius 3 is 2.62 bits per heavy atom. The minimum absolute atomic E-state index is 0.0186. The van der Waals surface area contributed by atoms with Crippen LogP contribution in [0.3, 0.4) is 0 Å². The minimum Gasteiger partial charge on any atom is -0.355 e. The average Bonchev–Trinajstić information content (AvgIpc) is 2.58. The van der Waals surface area contributed by atoms with Crippen molar-refractivity contribution >= 4 is 29.3 Å². The van der Waals surface area contributed by atoms with Crippen LogP contribution in [0.15, 0.2) is 23.1 Å². The molecule has 0 aromatic heterocycles. The Balaban J connectivity index is 1.93. The number of halogens is 3. The zero-order valence-corrected chi connectivity index (χ0v) is 15.5. The lowest BCUT2D eigenvalue weighted by molar-refractivity contribution is -0.137. The van der Waals surface area contributed by atoms with Crippen molar-refractivity contribution < 1.29 is 22.8 Å². The summed E-state index contributed by atoms with van der Waals surface area (Å²) < 4.78 is 38.3. The average molecular weight is 389 g/mol. The Kier molecular flexibility index (Phi) is 6.94. The van der Waals surface area contributed by atoms with Crippen molar-refractivity contribution in [3.8, 4) is 0 Å². The van der Waals surface area contributed by atoms with E-state index in [1.165, 1.54) is 6.07 Å². The fourth-order valence-corrected chi connectivity index (χ4v) is 3.69. The highest BCUT2D eigenvalue weighted by molar-refractivity contribution is 8.01. The molecule has 2 amide bonds. The van der Waals surface area contributed by atoms with Gasteiger partial charge in [-0.05, 0) is 31.3 Å². The summed E-state index contributed by atoms with van der Waals surface area (Å²) in [5.74, 6) is -0.708. The third-order valence-electron chi connectivity index (χ3n) is 4.14. The summed E-state index contributed by atoms with van der Waals surface area (Å²) in [4.78, 5) is 26.9. The van der Waals surface area contributed by atoms with Crippen molar-refractivity contribution in [1.82, 2.24) is 10.2 Å². The van der Waals surface area contributed by atoms with Gasteiger partial charge in [0, 0.05) is 24.4 Å². The van der Waals surface area contributed by atoms with Gasteiger partial charge >= 0.3 is 6.18 Å². The monoisotopic (exact) mass is 389 g/mol. The fraction of sp³-hybridized carbons (Fsp3) is 0.529. The van der Waals surface area contributed by atoms with Crippen molar-refractivity contribution in [3.63, 3.8) is 0 Å². The molecule has 0 bridgehead atoms. The number of hydrogen-bond donors (Lipinski definition) is 2. The number of nitrogens with one attached hydrogen (secondary N) is 2. The molecule has 1 heterocycles. The van der Waals surface area contributed by atoms with Gasteiger partial charge in [0.25, 0.3) is 0 Å². The molecule has 1 aromatic rings. The number of fused-ring (bicyclic) bond motifs is 1. The number of nitrogens with zero attached hydrogens (tertiary/aromatic N) is 1. The van der Waals surface area contributed by atoms with E-state index in [4.69, 9.17) is 0 Å². The van der Waals surface area contributed by atoms with Crippen LogP contribution < -0.4 is 10.6 Å². The van der Waals surface area contributed by atoms with E-state index in [2.05, 4.69) is 15.5 Å². The summed E-state index contributed by atoms with van der Waals surface area (Å²) in [6, 6.07) is 3.22. The number of rotatable bonds is 7. The number of benzene rings is 1. The van der Waals surface area contributed by atoms with E-state index >= 15 is 0 Å². The van der Waals surface area contributed by atoms with Gasteiger partial charge in [-0.3, -0.25) is 9.59 Å². The van der Waals surface area contributed by atoms with Crippen LogP contribution in [0.1, 0.15) is 25.8 Å². The van der Waals surface area contributed by atoms with Gasteiger partial charge in [0.05, 0.1) is 16.5 Å². The SMILES string of the molecule is CCN(CC)CCNC(=O)CC1Sc2ccc(C(F)(F)F)cc2NC1=O. The molecule has 0 fully saturated rings. The summed E-state index contributed by atoms with van der Waals surface area (Å²) >= 11 is 1.11. The number of anilines is 1. The van der Waals surface area contributed by atoms with Crippen molar-refractivity contribution in [1.29, 1.82) is 0 Å². The fourth-order valence-electron chi connectivity index (χ4n) is 2.59. The topological polar surface area (TPSA) is 61.4 Å². The standard InChI is InChI=1S/C17H22F3N3O2S/c1-3-23(4-2)8-7-21-15(24)10-14-16(25)22-12-9-11(17(18,19)20)5-6-13(12)26-14/h5-6,9,14H,3-4,7-8,10H2,1-2H3,(H,21,24)(H,22,25). The second-order valence-electron chi connectivity index (χ2n) is 5.89. The number of thioether (sulfide) groups is 1. The van der Waals surface area contributed by atoms with Crippen molar-refractivity contribution in [2.24, 2.45) is 0 Å². The predicted octanol–water partition coefficient (Wildman–Crippen LogP) is 2.97. The van der Waals surface area contributed by atoms with Gasteiger partial charge in [0.1, 0.15) is 0 Å². The Bertz CT molecular complexity index is 663. The minimum atomic E-state index is -4.47. The second-order valence-corrected chi connectivity index (χ2v) is 7.13. The number of carbonyl (C=O) groups excluding carboxylic acids is 2. The lowest BCUT2D eigenvalue weighted by atomic mass is 10.1. The first-order valence-electron chi connectivity index (χ1n) is 8.42. The molecule has 2 N–H and O–H groups in total. The highest BCUT2D eigenvalue weighted by Crippen LogP contribution is 2.40. The van der Waals surface area contributed by atoms with Crippen LogP contribution in [0, 0.1) is 0 Å². The highest BCUT2D eigenvalue weighted by Gasteiger charge is 2.34. The third-order valence-corrected chi connectivity index (χ3v) is 5.42. The van der Waals surface area contributed by atoms with E-state index in [0.29, 0.717) is 11.4 Å². The summed E-state index contributed by atoms with van der Waals surface area (Å²) in [7, 11) is 0. The van der Waals surface area contributed by atoms with Gasteiger partial charge in [-0.1, -0.05) is 13.8 Å². The maximum atomic E-state index is 12.8. The second kappa shape index (κ2) is 8.77. The molecule has 0 radical (unpaired) electrons. The van der Waals surface area contributed by atoms with Gasteiger partial charge in [-0.15, -0.1) is 11.8 Å². The van der Waals surface area contributed by atoms with E-state index in [0.717, 1.165) is 43.5 Å². The van der Waals surface area contributed by atoms with Crippen molar-refractivity contribution in [2.45, 2.75) is 36.6 Å². The van der Waals surface area contributed by atoms with Crippen LogP contribution >= 0.6 is 11.8 Å². The van der Waals surface area contributed by atoms with Gasteiger partial charge in [-0.2, -0.15) is 13.2 Å². The Morgan fingerprint density at radius 1 is 1.31 bits per heavy atom. The number of amides is 2. The van der Waals surface area contributed by atoms with E-state index in [1.807, 2.05) is 13.8 Å². The molecule has 1 aromatic carbocycles. The zero-order valence-electron chi connectivity index (χ0n) is 14.7. The van der Waals surface area contributed by atoms with Crippen LogP contribution in [0.4, 0.5) is 18.9 Å². The van der Waals surface area contributed by atoms with E-state index in [1.54, 1.807) is 0 Å². The molecule has 5 nitrogen and oxygen atoms in total. The van der Waals surface area contributed by atoms with Crippen molar-refractivity contribution in [2.75, 3.05) is 31.5 Å². The molecule has 1 aliphatic rings. The quantitative estimate of drug-likeness (QED) is 0.753. The number of carbonyl (C=O) groups is 2. The smallest absolute Gasteiger partial charge is 0.355 e. The van der Waals surface area contributed by atoms with Crippen molar-refractivity contribution in [3.05, 3.63) is 23.8 Å². The largest absolute Gasteiger partial charge is 0.416 e. The lowest BCUT2D eigenvalue weighted by Crippen LogP contribution is -2.38. The van der Waals surface area contributed by atoms with Crippen LogP contribution in [0.5, 0.6) is 0 Å². The van der Waals surface area contributed by atoms with E-state index < -0.39 is 22.9 Å². The number of alkyl halides is 3. The van der Waals surface area contributed by atoms with Crippen LogP contribution in [-0.2, 0) is 15.8 Å². The molecule has 144 valence electrons. The van der Waals surface area contributed by atoms with Gasteiger partial charge < -0.3 is 15.5 Å². The number of likely N-dealkylation sites (N-methyl/N-ethyl adjacent to an activating group) is 1. The molecule has 0 spiro atoms. The molecule has 0 saturated heterocycles. The lowest BCUT2D eigenvalue weighted by Gasteiger charge is -2.25. The zero-order chi connectivity index (χ0) is 19.3. The van der Waals surface area contributed by atoms with Gasteiger partial charge in [-0.25, -0.2) is 0 Å². The predicted molar refractivity (Wildman–Crippen MR) is 95.1 cm³/mol. The Labute approximate surface area is 154 Å². The first-order valence-corrected chi connectivity index (χ1v) is 9.30. The molecule has 1 aliphatic heterocycles. The Hall–Kier alpha value is -1.74. The molecule has 0 aliphatic carbocycles. The molecule has 0 saturated carbocycles. The Morgan fingerprint density at radius 2 is 2.00 bits per heavy atom. The van der Waals surface area contributed by atoms with Crippen LogP contribution in [0.25, 0.3) is 0 Å². The van der Waals surface area contributed by atoms with E-state index in [-0.39, 0.29) is 18.0 Å². The molecule has 26 heavy (non-hydrogen) atoms. The van der Waals surface area contributed by atoms with Gasteiger partial charge in [0.2, 0.25) is 11.8 Å². The normalized spacial score (nSPS) is 17.0. The molecule has 1 atom stereocenters. The highest BCUT2D eigenvalue weighted by atomic mass is 32.2. The van der Waals surface area contributed by atoms with E-state index in [9.17, 15) is 22.8 Å². The van der Waals surface area contributed by atoms with Crippen LogP contribution in [-0.4, -0.2) is 48.1 Å². The molecule has 2 rings (SSSR count). The van der Waals surface area contributed by atoms with Gasteiger partial charge in [0.15, 0.2) is 0 Å². The summed E-state index contributed by atoms with van der Waals surface area (Å²) in [6.45, 7) is 7.08.